The van der Waals surface area contributed by atoms with Crippen molar-refractivity contribution in [1.29, 1.82) is 0 Å². The fourth-order valence-corrected chi connectivity index (χ4v) is 3.39. The van der Waals surface area contributed by atoms with Gasteiger partial charge in [-0.25, -0.2) is 4.79 Å². The van der Waals surface area contributed by atoms with E-state index in [0.717, 1.165) is 0 Å². The Morgan fingerprint density at radius 3 is 2.40 bits per heavy atom. The van der Waals surface area contributed by atoms with E-state index in [2.05, 4.69) is 20.8 Å². The highest BCUT2D eigenvalue weighted by atomic mass is 28.4. The monoisotopic (exact) mass is 302 g/mol. The summed E-state index contributed by atoms with van der Waals surface area (Å²) in [5.74, 6) is -0.698. The quantitative estimate of drug-likeness (QED) is 0.638. The molecule has 5 nitrogen and oxygen atoms in total. The Bertz CT molecular complexity index is 399. The Labute approximate surface area is 121 Å². The molecule has 1 N–H and O–H groups in total. The number of rotatable bonds is 3. The molecular formula is C14H26O5Si. The van der Waals surface area contributed by atoms with E-state index in [1.807, 2.05) is 13.1 Å². The van der Waals surface area contributed by atoms with Crippen LogP contribution in [-0.4, -0.2) is 44.0 Å². The molecule has 0 aromatic heterocycles. The average Bonchev–Trinajstić information content (AvgIpc) is 2.31. The summed E-state index contributed by atoms with van der Waals surface area (Å²) in [6, 6.07) is 0. The summed E-state index contributed by atoms with van der Waals surface area (Å²) >= 11 is 0. The van der Waals surface area contributed by atoms with Crippen LogP contribution in [0.4, 0.5) is 0 Å². The first-order valence-electron chi connectivity index (χ1n) is 6.94. The van der Waals surface area contributed by atoms with Crippen molar-refractivity contribution >= 4 is 20.1 Å². The van der Waals surface area contributed by atoms with Crippen molar-refractivity contribution in [3.8, 4) is 0 Å². The van der Waals surface area contributed by atoms with Crippen molar-refractivity contribution in [2.45, 2.75) is 69.9 Å². The molecule has 0 spiro atoms. The molecule has 0 saturated heterocycles. The minimum atomic E-state index is -2.19. The Morgan fingerprint density at radius 2 is 1.95 bits per heavy atom. The molecular weight excluding hydrogens is 276 g/mol. The number of methoxy groups -OCH3 is 1. The zero-order chi connectivity index (χ0) is 15.8. The third-order valence-electron chi connectivity index (χ3n) is 4.51. The van der Waals surface area contributed by atoms with Gasteiger partial charge in [-0.1, -0.05) is 20.8 Å². The van der Waals surface area contributed by atoms with Gasteiger partial charge in [0.25, 0.3) is 0 Å². The van der Waals surface area contributed by atoms with Crippen LogP contribution in [-0.2, 0) is 18.8 Å². The molecule has 1 aliphatic rings. The molecule has 1 rings (SSSR count). The van der Waals surface area contributed by atoms with Gasteiger partial charge in [-0.2, -0.15) is 0 Å². The second-order valence-electron chi connectivity index (χ2n) is 7.03. The highest BCUT2D eigenvalue weighted by Gasteiger charge is 2.52. The molecule has 0 heterocycles. The van der Waals surface area contributed by atoms with E-state index in [0.29, 0.717) is 0 Å². The number of hydrogen-bond acceptors (Lipinski definition) is 5. The third-order valence-corrected chi connectivity index (χ3v) is 9.00. The first kappa shape index (κ1) is 17.3. The van der Waals surface area contributed by atoms with Crippen LogP contribution in [0.25, 0.3) is 0 Å². The van der Waals surface area contributed by atoms with Crippen molar-refractivity contribution in [2.75, 3.05) is 7.11 Å². The second-order valence-corrected chi connectivity index (χ2v) is 11.8. The van der Waals surface area contributed by atoms with Crippen LogP contribution in [0.15, 0.2) is 0 Å². The number of ketones is 1. The summed E-state index contributed by atoms with van der Waals surface area (Å²) in [5.41, 5.74) is -1.71. The number of ether oxygens (including phenoxy) is 1. The summed E-state index contributed by atoms with van der Waals surface area (Å²) in [5, 5.41) is 10.6. The Kier molecular flexibility index (Phi) is 4.83. The summed E-state index contributed by atoms with van der Waals surface area (Å²) in [4.78, 5) is 23.6. The molecule has 0 aromatic rings. The van der Waals surface area contributed by atoms with Crippen LogP contribution < -0.4 is 0 Å². The van der Waals surface area contributed by atoms with Gasteiger partial charge in [0, 0.05) is 12.8 Å². The highest BCUT2D eigenvalue weighted by molar-refractivity contribution is 6.74. The molecule has 2 atom stereocenters. The summed E-state index contributed by atoms with van der Waals surface area (Å²) in [6.45, 7) is 10.3. The van der Waals surface area contributed by atoms with Crippen molar-refractivity contribution < 1.29 is 23.9 Å². The van der Waals surface area contributed by atoms with Gasteiger partial charge in [-0.15, -0.1) is 0 Å². The van der Waals surface area contributed by atoms with E-state index in [-0.39, 0.29) is 30.1 Å². The van der Waals surface area contributed by atoms with Crippen LogP contribution in [0.3, 0.4) is 0 Å². The molecule has 6 heteroatoms. The highest BCUT2D eigenvalue weighted by Crippen LogP contribution is 2.41. The van der Waals surface area contributed by atoms with E-state index in [4.69, 9.17) is 9.16 Å². The molecule has 0 aliphatic heterocycles. The number of aliphatic hydroxyl groups is 1. The lowest BCUT2D eigenvalue weighted by Crippen LogP contribution is -2.59. The minimum Gasteiger partial charge on any atom is -0.467 e. The van der Waals surface area contributed by atoms with Crippen LogP contribution in [0, 0.1) is 0 Å². The molecule has 2 unspecified atom stereocenters. The summed E-state index contributed by atoms with van der Waals surface area (Å²) in [6.07, 6.45) is -0.490. The van der Waals surface area contributed by atoms with Gasteiger partial charge in [0.05, 0.1) is 13.2 Å². The number of carbonyl (C=O) groups is 2. The van der Waals surface area contributed by atoms with Crippen LogP contribution in [0.5, 0.6) is 0 Å². The molecule has 0 bridgehead atoms. The van der Waals surface area contributed by atoms with Crippen molar-refractivity contribution in [2.24, 2.45) is 0 Å². The van der Waals surface area contributed by atoms with Gasteiger partial charge < -0.3 is 14.3 Å². The molecule has 1 fully saturated rings. The Balaban J connectivity index is 3.03. The fourth-order valence-electron chi connectivity index (χ4n) is 2.05. The van der Waals surface area contributed by atoms with Crippen LogP contribution in [0.1, 0.15) is 40.0 Å². The number of esters is 1. The average molecular weight is 302 g/mol. The van der Waals surface area contributed by atoms with Gasteiger partial charge in [0.1, 0.15) is 5.78 Å². The maximum Gasteiger partial charge on any atom is 0.340 e. The summed E-state index contributed by atoms with van der Waals surface area (Å²) in [7, 11) is -0.953. The van der Waals surface area contributed by atoms with Crippen molar-refractivity contribution in [1.82, 2.24) is 0 Å². The number of carbonyl (C=O) groups excluding carboxylic acids is 2. The predicted octanol–water partition coefficient (Wildman–Crippen LogP) is 2.03. The molecule has 116 valence electrons. The standard InChI is InChI=1S/C14H26O5Si/c1-13(2,3)20(5,6)19-11-9-10(15)7-8-14(11,17)12(16)18-4/h11,17H,7-9H2,1-6H3. The maximum atomic E-state index is 11.9. The normalized spacial score (nSPS) is 28.4. The molecule has 0 radical (unpaired) electrons. The minimum absolute atomic E-state index is 0.0160. The Hall–Kier alpha value is -0.723. The molecule has 20 heavy (non-hydrogen) atoms. The zero-order valence-electron chi connectivity index (χ0n) is 13.3. The largest absolute Gasteiger partial charge is 0.467 e. The molecule has 0 amide bonds. The van der Waals surface area contributed by atoms with E-state index in [1.165, 1.54) is 7.11 Å². The third kappa shape index (κ3) is 3.29. The summed E-state index contributed by atoms with van der Waals surface area (Å²) < 4.78 is 10.8. The smallest absolute Gasteiger partial charge is 0.340 e. The van der Waals surface area contributed by atoms with Crippen molar-refractivity contribution in [3.63, 3.8) is 0 Å². The lowest BCUT2D eigenvalue weighted by molar-refractivity contribution is -0.179. The lowest BCUT2D eigenvalue weighted by Gasteiger charge is -2.44. The van der Waals surface area contributed by atoms with E-state index in [1.54, 1.807) is 0 Å². The van der Waals surface area contributed by atoms with E-state index in [9.17, 15) is 14.7 Å². The Morgan fingerprint density at radius 1 is 1.40 bits per heavy atom. The van der Waals surface area contributed by atoms with Gasteiger partial charge in [0.15, 0.2) is 13.9 Å². The molecule has 0 aromatic carbocycles. The zero-order valence-corrected chi connectivity index (χ0v) is 14.3. The van der Waals surface area contributed by atoms with Crippen LogP contribution in [0.2, 0.25) is 18.1 Å². The number of Topliss-reactive ketones (excluding diaryl/α,β-unsaturated/α-hetero) is 1. The second kappa shape index (κ2) is 5.58. The number of hydrogen-bond donors (Lipinski definition) is 1. The fraction of sp³-hybridized carbons (Fsp3) is 0.857. The van der Waals surface area contributed by atoms with E-state index >= 15 is 0 Å². The van der Waals surface area contributed by atoms with Crippen molar-refractivity contribution in [3.05, 3.63) is 0 Å². The molecule has 1 aliphatic carbocycles. The van der Waals surface area contributed by atoms with Gasteiger partial charge >= 0.3 is 5.97 Å². The maximum absolute atomic E-state index is 11.9. The SMILES string of the molecule is COC(=O)C1(O)CCC(=O)CC1O[Si](C)(C)C(C)(C)C. The van der Waals surface area contributed by atoms with Crippen LogP contribution >= 0.6 is 0 Å². The van der Waals surface area contributed by atoms with Gasteiger partial charge in [-0.05, 0) is 24.6 Å². The predicted molar refractivity (Wildman–Crippen MR) is 77.9 cm³/mol. The topological polar surface area (TPSA) is 72.8 Å². The van der Waals surface area contributed by atoms with Gasteiger partial charge in [0.2, 0.25) is 0 Å². The van der Waals surface area contributed by atoms with E-state index < -0.39 is 26.0 Å². The lowest BCUT2D eigenvalue weighted by atomic mass is 9.81. The molecule has 1 saturated carbocycles. The first-order valence-corrected chi connectivity index (χ1v) is 9.85. The van der Waals surface area contributed by atoms with Gasteiger partial charge in [-0.3, -0.25) is 4.79 Å². The first-order chi connectivity index (χ1) is 8.94.